The highest BCUT2D eigenvalue weighted by Gasteiger charge is 2.15. The molecule has 0 saturated carbocycles. The van der Waals surface area contributed by atoms with E-state index >= 15 is 0 Å². The van der Waals surface area contributed by atoms with Gasteiger partial charge in [-0.1, -0.05) is 30.0 Å². The fourth-order valence-corrected chi connectivity index (χ4v) is 3.00. The Morgan fingerprint density at radius 2 is 2.10 bits per heavy atom. The van der Waals surface area contributed by atoms with Gasteiger partial charge in [-0.15, -0.1) is 10.2 Å². The van der Waals surface area contributed by atoms with E-state index in [0.29, 0.717) is 6.54 Å². The van der Waals surface area contributed by atoms with E-state index in [-0.39, 0.29) is 17.6 Å². The van der Waals surface area contributed by atoms with Gasteiger partial charge in [0.05, 0.1) is 5.75 Å². The van der Waals surface area contributed by atoms with Crippen LogP contribution in [0.2, 0.25) is 0 Å². The molecule has 21 heavy (non-hydrogen) atoms. The first-order chi connectivity index (χ1) is 10.1. The number of hydrogen-bond donors (Lipinski definition) is 3. The summed E-state index contributed by atoms with van der Waals surface area (Å²) in [5.74, 6) is -0.147. The minimum Gasteiger partial charge on any atom is -0.360 e. The minimum absolute atomic E-state index is 0.166. The molecule has 1 atom stereocenters. The summed E-state index contributed by atoms with van der Waals surface area (Å²) in [6.07, 6.45) is 0.868. The van der Waals surface area contributed by atoms with Crippen LogP contribution in [0.3, 0.4) is 0 Å². The van der Waals surface area contributed by atoms with Gasteiger partial charge < -0.3 is 16.0 Å². The molecule has 2 amide bonds. The lowest BCUT2D eigenvalue weighted by Crippen LogP contribution is -2.45. The Morgan fingerprint density at radius 3 is 2.76 bits per heavy atom. The summed E-state index contributed by atoms with van der Waals surface area (Å²) in [7, 11) is 0. The first-order valence-corrected chi connectivity index (χ1v) is 8.64. The fraction of sp³-hybridized carbons (Fsp3) is 0.667. The van der Waals surface area contributed by atoms with Gasteiger partial charge in [0.25, 0.3) is 0 Å². The fourth-order valence-electron chi connectivity index (χ4n) is 1.37. The van der Waals surface area contributed by atoms with Gasteiger partial charge in [-0.25, -0.2) is 0 Å². The number of anilines is 1. The van der Waals surface area contributed by atoms with Crippen LogP contribution in [0.4, 0.5) is 5.13 Å². The van der Waals surface area contributed by atoms with Gasteiger partial charge in [-0.2, -0.15) is 0 Å². The van der Waals surface area contributed by atoms with E-state index in [9.17, 15) is 9.59 Å². The van der Waals surface area contributed by atoms with Crippen molar-refractivity contribution < 1.29 is 9.59 Å². The van der Waals surface area contributed by atoms with Gasteiger partial charge in [0.2, 0.25) is 16.9 Å². The SMILES string of the molecule is CCCNC(=O)[C@@H](C)NC(=O)CSc1nnc(NCC)s1. The number of hydrogen-bond acceptors (Lipinski definition) is 7. The number of nitrogens with zero attached hydrogens (tertiary/aromatic N) is 2. The summed E-state index contributed by atoms with van der Waals surface area (Å²) in [4.78, 5) is 23.4. The van der Waals surface area contributed by atoms with Gasteiger partial charge in [0.15, 0.2) is 4.34 Å². The van der Waals surface area contributed by atoms with Gasteiger partial charge in [0, 0.05) is 13.1 Å². The second kappa shape index (κ2) is 9.56. The van der Waals surface area contributed by atoms with E-state index in [0.717, 1.165) is 22.4 Å². The maximum atomic E-state index is 11.8. The molecule has 0 radical (unpaired) electrons. The van der Waals surface area contributed by atoms with E-state index in [1.807, 2.05) is 13.8 Å². The molecule has 0 aromatic carbocycles. The molecular weight excluding hydrogens is 310 g/mol. The molecule has 1 aromatic heterocycles. The molecule has 7 nitrogen and oxygen atoms in total. The predicted octanol–water partition coefficient (Wildman–Crippen LogP) is 1.09. The van der Waals surface area contributed by atoms with Gasteiger partial charge in [-0.05, 0) is 20.3 Å². The molecule has 0 bridgehead atoms. The van der Waals surface area contributed by atoms with Crippen molar-refractivity contribution in [1.29, 1.82) is 0 Å². The summed E-state index contributed by atoms with van der Waals surface area (Å²) < 4.78 is 0.726. The average molecular weight is 331 g/mol. The van der Waals surface area contributed by atoms with Gasteiger partial charge in [-0.3, -0.25) is 9.59 Å². The van der Waals surface area contributed by atoms with Crippen LogP contribution in [0.15, 0.2) is 4.34 Å². The first kappa shape index (κ1) is 17.7. The molecule has 0 spiro atoms. The zero-order chi connectivity index (χ0) is 15.7. The van der Waals surface area contributed by atoms with Crippen LogP contribution in [0.5, 0.6) is 0 Å². The summed E-state index contributed by atoms with van der Waals surface area (Å²) in [5, 5.41) is 17.1. The smallest absolute Gasteiger partial charge is 0.242 e. The zero-order valence-corrected chi connectivity index (χ0v) is 14.1. The molecule has 0 aliphatic heterocycles. The maximum absolute atomic E-state index is 11.8. The Hall–Kier alpha value is -1.35. The zero-order valence-electron chi connectivity index (χ0n) is 12.4. The van der Waals surface area contributed by atoms with Crippen molar-refractivity contribution in [3.05, 3.63) is 0 Å². The van der Waals surface area contributed by atoms with Crippen molar-refractivity contribution in [2.45, 2.75) is 37.6 Å². The van der Waals surface area contributed by atoms with Crippen molar-refractivity contribution in [3.8, 4) is 0 Å². The van der Waals surface area contributed by atoms with E-state index in [1.165, 1.54) is 23.1 Å². The molecule has 1 heterocycles. The lowest BCUT2D eigenvalue weighted by molar-refractivity contribution is -0.127. The molecule has 0 aliphatic rings. The number of rotatable bonds is 9. The summed E-state index contributed by atoms with van der Waals surface area (Å²) in [5.41, 5.74) is 0. The third-order valence-corrected chi connectivity index (χ3v) is 4.40. The normalized spacial score (nSPS) is 11.8. The molecule has 118 valence electrons. The maximum Gasteiger partial charge on any atom is 0.242 e. The van der Waals surface area contributed by atoms with E-state index in [4.69, 9.17) is 0 Å². The quantitative estimate of drug-likeness (QED) is 0.586. The molecule has 1 aromatic rings. The minimum atomic E-state index is -0.531. The molecule has 0 aliphatic carbocycles. The number of thioether (sulfide) groups is 1. The van der Waals surface area contributed by atoms with Crippen LogP contribution < -0.4 is 16.0 Å². The molecule has 0 fully saturated rings. The highest BCUT2D eigenvalue weighted by atomic mass is 32.2. The standard InChI is InChI=1S/C12H21N5O2S2/c1-4-6-14-10(19)8(3)15-9(18)7-20-12-17-16-11(21-12)13-5-2/h8H,4-7H2,1-3H3,(H,13,16)(H,14,19)(H,15,18)/t8-/m1/s1. The lowest BCUT2D eigenvalue weighted by atomic mass is 10.3. The highest BCUT2D eigenvalue weighted by Crippen LogP contribution is 2.24. The van der Waals surface area contributed by atoms with E-state index in [1.54, 1.807) is 6.92 Å². The van der Waals surface area contributed by atoms with Gasteiger partial charge in [0.1, 0.15) is 6.04 Å². The van der Waals surface area contributed by atoms with Crippen LogP contribution in [0.25, 0.3) is 0 Å². The Bertz CT molecular complexity index is 466. The Balaban J connectivity index is 2.31. The molecule has 0 unspecified atom stereocenters. The van der Waals surface area contributed by atoms with Crippen molar-refractivity contribution >= 4 is 40.0 Å². The number of nitrogens with one attached hydrogen (secondary N) is 3. The highest BCUT2D eigenvalue weighted by molar-refractivity contribution is 8.01. The molecule has 9 heteroatoms. The van der Waals surface area contributed by atoms with E-state index < -0.39 is 6.04 Å². The van der Waals surface area contributed by atoms with Crippen LogP contribution in [0.1, 0.15) is 27.2 Å². The molecule has 3 N–H and O–H groups in total. The van der Waals surface area contributed by atoms with Crippen molar-refractivity contribution in [2.75, 3.05) is 24.2 Å². The third-order valence-electron chi connectivity index (χ3n) is 2.38. The second-order valence-corrected chi connectivity index (χ2v) is 6.47. The van der Waals surface area contributed by atoms with Crippen LogP contribution >= 0.6 is 23.1 Å². The van der Waals surface area contributed by atoms with Crippen LogP contribution in [-0.4, -0.2) is 46.9 Å². The summed E-state index contributed by atoms with van der Waals surface area (Å²) in [6, 6.07) is -0.531. The number of carbonyl (C=O) groups is 2. The third kappa shape index (κ3) is 6.76. The van der Waals surface area contributed by atoms with Crippen LogP contribution in [-0.2, 0) is 9.59 Å². The predicted molar refractivity (Wildman–Crippen MR) is 85.7 cm³/mol. The summed E-state index contributed by atoms with van der Waals surface area (Å²) in [6.45, 7) is 7.02. The molecular formula is C12H21N5O2S2. The number of amides is 2. The first-order valence-electron chi connectivity index (χ1n) is 6.84. The summed E-state index contributed by atoms with van der Waals surface area (Å²) >= 11 is 2.71. The second-order valence-electron chi connectivity index (χ2n) is 4.27. The number of carbonyl (C=O) groups excluding carboxylic acids is 2. The van der Waals surface area contributed by atoms with Crippen LogP contribution in [0, 0.1) is 0 Å². The molecule has 1 rings (SSSR count). The van der Waals surface area contributed by atoms with Gasteiger partial charge >= 0.3 is 0 Å². The van der Waals surface area contributed by atoms with Crippen molar-refractivity contribution in [3.63, 3.8) is 0 Å². The van der Waals surface area contributed by atoms with Crippen molar-refractivity contribution in [2.24, 2.45) is 0 Å². The Kier molecular flexibility index (Phi) is 8.06. The average Bonchev–Trinajstić information content (AvgIpc) is 2.90. The van der Waals surface area contributed by atoms with Crippen molar-refractivity contribution in [1.82, 2.24) is 20.8 Å². The Morgan fingerprint density at radius 1 is 1.33 bits per heavy atom. The number of aromatic nitrogens is 2. The topological polar surface area (TPSA) is 96.0 Å². The van der Waals surface area contributed by atoms with E-state index in [2.05, 4.69) is 26.1 Å². The lowest BCUT2D eigenvalue weighted by Gasteiger charge is -2.13. The molecule has 0 saturated heterocycles. The largest absolute Gasteiger partial charge is 0.360 e. The Labute approximate surface area is 132 Å². The monoisotopic (exact) mass is 331 g/mol.